The number of aromatic nitrogens is 1. The van der Waals surface area contributed by atoms with Gasteiger partial charge in [-0.2, -0.15) is 0 Å². The van der Waals surface area contributed by atoms with Crippen molar-refractivity contribution in [1.82, 2.24) is 4.98 Å². The monoisotopic (exact) mass is 385 g/mol. The van der Waals surface area contributed by atoms with Crippen molar-refractivity contribution in [2.75, 3.05) is 0 Å². The Kier molecular flexibility index (Phi) is 3.78. The molecule has 1 heterocycles. The normalized spacial score (nSPS) is 19.2. The van der Waals surface area contributed by atoms with E-state index < -0.39 is 6.10 Å². The number of aliphatic hydroxyl groups is 1. The van der Waals surface area contributed by atoms with E-state index in [9.17, 15) is 5.11 Å². The fourth-order valence-corrected chi connectivity index (χ4v) is 3.54. The molecule has 0 radical (unpaired) electrons. The van der Waals surface area contributed by atoms with Crippen molar-refractivity contribution >= 4 is 34.2 Å². The van der Waals surface area contributed by atoms with Crippen LogP contribution in [0.15, 0.2) is 36.5 Å². The number of hydrogen-bond donors (Lipinski definition) is 1. The summed E-state index contributed by atoms with van der Waals surface area (Å²) in [4.78, 5) is 4.44. The quantitative estimate of drug-likeness (QED) is 0.790. The summed E-state index contributed by atoms with van der Waals surface area (Å²) in [5.41, 5.74) is 3.19. The highest BCUT2D eigenvalue weighted by Gasteiger charge is 2.31. The van der Waals surface area contributed by atoms with E-state index in [1.165, 1.54) is 5.56 Å². The molecule has 98 valence electrons. The predicted octanol–water partition coefficient (Wildman–Crippen LogP) is 4.10. The number of aryl methyl sites for hydroxylation is 1. The molecule has 19 heavy (non-hydrogen) atoms. The molecule has 0 spiro atoms. The second-order valence-corrected chi connectivity index (χ2v) is 6.40. The number of fused-ring (bicyclic) bond motifs is 1. The zero-order valence-corrected chi connectivity index (χ0v) is 13.1. The molecule has 2 atom stereocenters. The maximum Gasteiger partial charge on any atom is 0.0884 e. The summed E-state index contributed by atoms with van der Waals surface area (Å²) in [7, 11) is 0. The third-order valence-corrected chi connectivity index (χ3v) is 4.88. The zero-order chi connectivity index (χ0) is 13.4. The summed E-state index contributed by atoms with van der Waals surface area (Å²) in [6.45, 7) is 0. The Hall–Kier alpha value is -0.650. The Morgan fingerprint density at radius 2 is 2.21 bits per heavy atom. The van der Waals surface area contributed by atoms with E-state index >= 15 is 0 Å². The van der Waals surface area contributed by atoms with Gasteiger partial charge in [0, 0.05) is 26.4 Å². The fraction of sp³-hybridized carbons (Fsp3) is 0.267. The van der Waals surface area contributed by atoms with Gasteiger partial charge in [-0.25, -0.2) is 0 Å². The molecule has 3 rings (SSSR count). The van der Waals surface area contributed by atoms with Crippen molar-refractivity contribution in [1.29, 1.82) is 0 Å². The third-order valence-electron chi connectivity index (χ3n) is 3.66. The van der Waals surface area contributed by atoms with Gasteiger partial charge in [0.2, 0.25) is 0 Å². The molecule has 0 saturated heterocycles. The zero-order valence-electron chi connectivity index (χ0n) is 10.2. The van der Waals surface area contributed by atoms with Crippen molar-refractivity contribution in [2.24, 2.45) is 0 Å². The Bertz CT molecular complexity index is 617. The minimum absolute atomic E-state index is 0.0724. The highest BCUT2D eigenvalue weighted by molar-refractivity contribution is 14.1. The van der Waals surface area contributed by atoms with Crippen LogP contribution in [0, 0.1) is 3.57 Å². The maximum atomic E-state index is 10.7. The number of aliphatic hydroxyl groups excluding tert-OH is 1. The van der Waals surface area contributed by atoms with Gasteiger partial charge < -0.3 is 5.11 Å². The standard InChI is InChI=1S/C15H13ClINO/c16-10-4-6-13(17)12(8-10)15(19)11-5-3-9-2-1-7-18-14(9)11/h1-2,4,6-8,11,15,19H,3,5H2. The number of nitrogens with zero attached hydrogens (tertiary/aromatic N) is 1. The second kappa shape index (κ2) is 5.38. The summed E-state index contributed by atoms with van der Waals surface area (Å²) in [6.07, 6.45) is 3.19. The minimum atomic E-state index is -0.540. The van der Waals surface area contributed by atoms with E-state index in [0.29, 0.717) is 5.02 Å². The fourth-order valence-electron chi connectivity index (χ4n) is 2.71. The van der Waals surface area contributed by atoms with Crippen molar-refractivity contribution < 1.29 is 5.11 Å². The van der Waals surface area contributed by atoms with Gasteiger partial charge in [-0.05, 0) is 70.8 Å². The van der Waals surface area contributed by atoms with Crippen LogP contribution in [0.2, 0.25) is 5.02 Å². The van der Waals surface area contributed by atoms with E-state index in [4.69, 9.17) is 11.6 Å². The first kappa shape index (κ1) is 13.3. The minimum Gasteiger partial charge on any atom is -0.388 e. The highest BCUT2D eigenvalue weighted by Crippen LogP contribution is 2.41. The molecule has 0 amide bonds. The van der Waals surface area contributed by atoms with Crippen LogP contribution >= 0.6 is 34.2 Å². The lowest BCUT2D eigenvalue weighted by Gasteiger charge is -2.20. The van der Waals surface area contributed by atoms with E-state index in [0.717, 1.165) is 27.7 Å². The number of benzene rings is 1. The Balaban J connectivity index is 1.97. The summed E-state index contributed by atoms with van der Waals surface area (Å²) in [5, 5.41) is 11.3. The van der Waals surface area contributed by atoms with Gasteiger partial charge in [0.05, 0.1) is 6.10 Å². The molecule has 0 saturated carbocycles. The molecule has 1 aliphatic rings. The molecule has 2 nitrogen and oxygen atoms in total. The summed E-state index contributed by atoms with van der Waals surface area (Å²) < 4.78 is 1.04. The molecule has 0 fully saturated rings. The Labute approximate surface area is 131 Å². The second-order valence-electron chi connectivity index (χ2n) is 4.80. The van der Waals surface area contributed by atoms with Crippen molar-refractivity contribution in [2.45, 2.75) is 24.9 Å². The summed E-state index contributed by atoms with van der Waals surface area (Å²) >= 11 is 8.28. The summed E-state index contributed by atoms with van der Waals surface area (Å²) in [5.74, 6) is 0.0724. The smallest absolute Gasteiger partial charge is 0.0884 e. The van der Waals surface area contributed by atoms with Crippen LogP contribution in [0.4, 0.5) is 0 Å². The number of hydrogen-bond acceptors (Lipinski definition) is 2. The van der Waals surface area contributed by atoms with Crippen molar-refractivity contribution in [3.63, 3.8) is 0 Å². The van der Waals surface area contributed by atoms with Gasteiger partial charge >= 0.3 is 0 Å². The lowest BCUT2D eigenvalue weighted by Crippen LogP contribution is -2.10. The number of halogens is 2. The van der Waals surface area contributed by atoms with E-state index in [1.807, 2.05) is 24.3 Å². The Morgan fingerprint density at radius 1 is 1.37 bits per heavy atom. The van der Waals surface area contributed by atoms with Crippen LogP contribution in [-0.2, 0) is 6.42 Å². The van der Waals surface area contributed by atoms with E-state index in [-0.39, 0.29) is 5.92 Å². The largest absolute Gasteiger partial charge is 0.388 e. The molecule has 1 aliphatic carbocycles. The topological polar surface area (TPSA) is 33.1 Å². The van der Waals surface area contributed by atoms with Gasteiger partial charge in [0.15, 0.2) is 0 Å². The van der Waals surface area contributed by atoms with Crippen LogP contribution in [-0.4, -0.2) is 10.1 Å². The third kappa shape index (κ3) is 2.51. The van der Waals surface area contributed by atoms with E-state index in [1.54, 1.807) is 6.20 Å². The predicted molar refractivity (Wildman–Crippen MR) is 84.4 cm³/mol. The van der Waals surface area contributed by atoms with Crippen molar-refractivity contribution in [3.8, 4) is 0 Å². The lowest BCUT2D eigenvalue weighted by molar-refractivity contribution is 0.142. The molecule has 1 N–H and O–H groups in total. The van der Waals surface area contributed by atoms with Gasteiger partial charge in [0.1, 0.15) is 0 Å². The van der Waals surface area contributed by atoms with Crippen LogP contribution in [0.1, 0.15) is 35.3 Å². The molecular weight excluding hydrogens is 373 g/mol. The maximum absolute atomic E-state index is 10.7. The SMILES string of the molecule is OC(c1cc(Cl)ccc1I)C1CCc2cccnc21. The van der Waals surface area contributed by atoms with Gasteiger partial charge in [-0.1, -0.05) is 17.7 Å². The van der Waals surface area contributed by atoms with E-state index in [2.05, 4.69) is 33.6 Å². The first-order valence-corrected chi connectivity index (χ1v) is 7.69. The average molecular weight is 386 g/mol. The molecule has 4 heteroatoms. The molecule has 2 aromatic rings. The highest BCUT2D eigenvalue weighted by atomic mass is 127. The van der Waals surface area contributed by atoms with Crippen molar-refractivity contribution in [3.05, 3.63) is 61.9 Å². The first-order valence-electron chi connectivity index (χ1n) is 6.23. The van der Waals surface area contributed by atoms with Crippen LogP contribution < -0.4 is 0 Å². The summed E-state index contributed by atoms with van der Waals surface area (Å²) in [6, 6.07) is 9.69. The molecular formula is C15H13ClINO. The average Bonchev–Trinajstić information content (AvgIpc) is 2.84. The molecule has 1 aromatic carbocycles. The van der Waals surface area contributed by atoms with Gasteiger partial charge in [-0.3, -0.25) is 4.98 Å². The molecule has 2 unspecified atom stereocenters. The molecule has 1 aromatic heterocycles. The molecule has 0 bridgehead atoms. The lowest BCUT2D eigenvalue weighted by atomic mass is 9.93. The number of rotatable bonds is 2. The Morgan fingerprint density at radius 3 is 3.05 bits per heavy atom. The number of pyridine rings is 1. The first-order chi connectivity index (χ1) is 9.16. The van der Waals surface area contributed by atoms with Crippen LogP contribution in [0.3, 0.4) is 0 Å². The van der Waals surface area contributed by atoms with Crippen LogP contribution in [0.25, 0.3) is 0 Å². The van der Waals surface area contributed by atoms with Gasteiger partial charge in [0.25, 0.3) is 0 Å². The van der Waals surface area contributed by atoms with Crippen LogP contribution in [0.5, 0.6) is 0 Å². The molecule has 0 aliphatic heterocycles. The van der Waals surface area contributed by atoms with Gasteiger partial charge in [-0.15, -0.1) is 0 Å².